The summed E-state index contributed by atoms with van der Waals surface area (Å²) in [5.74, 6) is 0.389. The fourth-order valence-corrected chi connectivity index (χ4v) is 3.00. The first kappa shape index (κ1) is 17.4. The highest BCUT2D eigenvalue weighted by Gasteiger charge is 2.37. The molecule has 0 aromatic heterocycles. The molecule has 1 aliphatic heterocycles. The summed E-state index contributed by atoms with van der Waals surface area (Å²) in [5, 5.41) is 3.10. The molecular formula is C15H30N2O3. The monoisotopic (exact) mass is 286 g/mol. The molecule has 1 rings (SSSR count). The van der Waals surface area contributed by atoms with E-state index in [9.17, 15) is 4.79 Å². The van der Waals surface area contributed by atoms with Gasteiger partial charge in [0.05, 0.1) is 13.2 Å². The molecule has 0 aliphatic carbocycles. The maximum absolute atomic E-state index is 11.9. The smallest absolute Gasteiger partial charge is 0.325 e. The van der Waals surface area contributed by atoms with E-state index in [-0.39, 0.29) is 12.1 Å². The van der Waals surface area contributed by atoms with Gasteiger partial charge in [-0.05, 0) is 46.2 Å². The Labute approximate surface area is 123 Å². The van der Waals surface area contributed by atoms with Gasteiger partial charge in [-0.2, -0.15) is 0 Å². The van der Waals surface area contributed by atoms with Gasteiger partial charge < -0.3 is 14.8 Å². The lowest BCUT2D eigenvalue weighted by Gasteiger charge is -2.41. The molecular weight excluding hydrogens is 256 g/mol. The summed E-state index contributed by atoms with van der Waals surface area (Å²) in [5.41, 5.74) is -0.639. The Morgan fingerprint density at radius 3 is 2.65 bits per heavy atom. The molecule has 0 radical (unpaired) electrons. The molecule has 0 bridgehead atoms. The van der Waals surface area contributed by atoms with Crippen LogP contribution in [0.2, 0.25) is 0 Å². The Balaban J connectivity index is 2.65. The molecule has 1 aliphatic rings. The van der Waals surface area contributed by atoms with E-state index in [0.717, 1.165) is 25.9 Å². The largest absolute Gasteiger partial charge is 0.468 e. The zero-order chi connectivity index (χ0) is 15.3. The molecule has 1 saturated heterocycles. The maximum Gasteiger partial charge on any atom is 0.325 e. The van der Waals surface area contributed by atoms with Crippen LogP contribution >= 0.6 is 0 Å². The van der Waals surface area contributed by atoms with Crippen molar-refractivity contribution in [3.63, 3.8) is 0 Å². The highest BCUT2D eigenvalue weighted by atomic mass is 16.5. The number of nitrogens with one attached hydrogen (secondary N) is 1. The van der Waals surface area contributed by atoms with Crippen LogP contribution in [0.5, 0.6) is 0 Å². The zero-order valence-electron chi connectivity index (χ0n) is 13.7. The zero-order valence-corrected chi connectivity index (χ0v) is 13.7. The Morgan fingerprint density at radius 1 is 1.50 bits per heavy atom. The van der Waals surface area contributed by atoms with Crippen molar-refractivity contribution in [1.29, 1.82) is 0 Å². The summed E-state index contributed by atoms with van der Waals surface area (Å²) < 4.78 is 10.5. The molecule has 0 amide bonds. The number of nitrogens with zero attached hydrogens (tertiary/aromatic N) is 1. The number of hydrogen-bond acceptors (Lipinski definition) is 5. The molecule has 5 heteroatoms. The van der Waals surface area contributed by atoms with E-state index < -0.39 is 5.54 Å². The van der Waals surface area contributed by atoms with E-state index in [1.54, 1.807) is 14.2 Å². The molecule has 4 atom stereocenters. The summed E-state index contributed by atoms with van der Waals surface area (Å²) in [7, 11) is 5.02. The molecule has 1 fully saturated rings. The average Bonchev–Trinajstić information content (AvgIpc) is 2.46. The number of carbonyl (C=O) groups excluding carboxylic acids is 1. The fraction of sp³-hybridized carbons (Fsp3) is 0.933. The highest BCUT2D eigenvalue weighted by molar-refractivity contribution is 5.80. The number of esters is 1. The topological polar surface area (TPSA) is 50.8 Å². The molecule has 4 unspecified atom stereocenters. The van der Waals surface area contributed by atoms with Gasteiger partial charge in [-0.1, -0.05) is 6.92 Å². The van der Waals surface area contributed by atoms with Crippen LogP contribution in [0.3, 0.4) is 0 Å². The maximum atomic E-state index is 11.9. The van der Waals surface area contributed by atoms with Gasteiger partial charge in [0.25, 0.3) is 0 Å². The third-order valence-electron chi connectivity index (χ3n) is 4.74. The number of likely N-dealkylation sites (N-methyl/N-ethyl adjacent to an activating group) is 1. The summed E-state index contributed by atoms with van der Waals surface area (Å²) >= 11 is 0. The first-order valence-corrected chi connectivity index (χ1v) is 7.42. The Morgan fingerprint density at radius 2 is 2.15 bits per heavy atom. The molecule has 0 aromatic rings. The predicted octanol–water partition coefficient (Wildman–Crippen LogP) is 1.27. The van der Waals surface area contributed by atoms with Gasteiger partial charge in [0, 0.05) is 19.7 Å². The van der Waals surface area contributed by atoms with Gasteiger partial charge in [0.2, 0.25) is 0 Å². The second-order valence-electron chi connectivity index (χ2n) is 6.16. The van der Waals surface area contributed by atoms with Crippen LogP contribution in [0.1, 0.15) is 33.6 Å². The van der Waals surface area contributed by atoms with E-state index in [2.05, 4.69) is 24.1 Å². The van der Waals surface area contributed by atoms with Gasteiger partial charge in [-0.25, -0.2) is 0 Å². The SMILES string of the molecule is CNC(C)(CC(C)N1CCC(C)C(OC)C1)C(=O)OC. The van der Waals surface area contributed by atoms with Gasteiger partial charge >= 0.3 is 5.97 Å². The van der Waals surface area contributed by atoms with E-state index in [1.165, 1.54) is 7.11 Å². The summed E-state index contributed by atoms with van der Waals surface area (Å²) in [6.07, 6.45) is 2.14. The number of likely N-dealkylation sites (tertiary alicyclic amines) is 1. The summed E-state index contributed by atoms with van der Waals surface area (Å²) in [6.45, 7) is 8.29. The minimum absolute atomic E-state index is 0.208. The molecule has 0 saturated carbocycles. The predicted molar refractivity (Wildman–Crippen MR) is 79.7 cm³/mol. The second-order valence-corrected chi connectivity index (χ2v) is 6.16. The first-order valence-electron chi connectivity index (χ1n) is 7.42. The number of ether oxygens (including phenoxy) is 2. The Hall–Kier alpha value is -0.650. The van der Waals surface area contributed by atoms with Gasteiger partial charge in [0.15, 0.2) is 0 Å². The van der Waals surface area contributed by atoms with Crippen molar-refractivity contribution in [1.82, 2.24) is 10.2 Å². The standard InChI is InChI=1S/C15H30N2O3/c1-11-7-8-17(10-13(11)19-5)12(2)9-15(3,16-4)14(18)20-6/h11-13,16H,7-10H2,1-6H3. The van der Waals surface area contributed by atoms with Gasteiger partial charge in [-0.3, -0.25) is 9.69 Å². The van der Waals surface area contributed by atoms with Crippen molar-refractivity contribution in [3.8, 4) is 0 Å². The normalized spacial score (nSPS) is 28.7. The van der Waals surface area contributed by atoms with Crippen LogP contribution in [-0.2, 0) is 14.3 Å². The van der Waals surface area contributed by atoms with Crippen molar-refractivity contribution in [2.45, 2.75) is 51.3 Å². The van der Waals surface area contributed by atoms with Crippen molar-refractivity contribution in [2.75, 3.05) is 34.4 Å². The third kappa shape index (κ3) is 3.93. The summed E-state index contributed by atoms with van der Waals surface area (Å²) in [4.78, 5) is 14.3. The molecule has 1 heterocycles. The van der Waals surface area contributed by atoms with E-state index in [0.29, 0.717) is 12.0 Å². The van der Waals surface area contributed by atoms with E-state index >= 15 is 0 Å². The van der Waals surface area contributed by atoms with Crippen LogP contribution < -0.4 is 5.32 Å². The molecule has 0 spiro atoms. The summed E-state index contributed by atoms with van der Waals surface area (Å²) in [6, 6.07) is 0.302. The van der Waals surface area contributed by atoms with E-state index in [4.69, 9.17) is 9.47 Å². The fourth-order valence-electron chi connectivity index (χ4n) is 3.00. The van der Waals surface area contributed by atoms with Crippen molar-refractivity contribution >= 4 is 5.97 Å². The molecule has 0 aromatic carbocycles. The minimum Gasteiger partial charge on any atom is -0.468 e. The van der Waals surface area contributed by atoms with Crippen LogP contribution in [0.15, 0.2) is 0 Å². The minimum atomic E-state index is -0.639. The average molecular weight is 286 g/mol. The van der Waals surface area contributed by atoms with Crippen molar-refractivity contribution in [3.05, 3.63) is 0 Å². The number of hydrogen-bond donors (Lipinski definition) is 1. The Kier molecular flexibility index (Phi) is 6.43. The number of piperidine rings is 1. The van der Waals surface area contributed by atoms with Crippen LogP contribution in [0.4, 0.5) is 0 Å². The third-order valence-corrected chi connectivity index (χ3v) is 4.74. The molecule has 118 valence electrons. The van der Waals surface area contributed by atoms with Crippen molar-refractivity contribution < 1.29 is 14.3 Å². The van der Waals surface area contributed by atoms with Crippen molar-refractivity contribution in [2.24, 2.45) is 5.92 Å². The number of methoxy groups -OCH3 is 2. The highest BCUT2D eigenvalue weighted by Crippen LogP contribution is 2.24. The lowest BCUT2D eigenvalue weighted by Crippen LogP contribution is -2.55. The molecule has 20 heavy (non-hydrogen) atoms. The first-order chi connectivity index (χ1) is 9.37. The molecule has 1 N–H and O–H groups in total. The lowest BCUT2D eigenvalue weighted by molar-refractivity contribution is -0.148. The van der Waals surface area contributed by atoms with Gasteiger partial charge in [0.1, 0.15) is 5.54 Å². The Bertz CT molecular complexity index is 324. The second kappa shape index (κ2) is 7.38. The number of rotatable bonds is 6. The van der Waals surface area contributed by atoms with Crippen LogP contribution in [-0.4, -0.2) is 62.9 Å². The lowest BCUT2D eigenvalue weighted by atomic mass is 9.90. The van der Waals surface area contributed by atoms with E-state index in [1.807, 2.05) is 6.92 Å². The van der Waals surface area contributed by atoms with Crippen LogP contribution in [0.25, 0.3) is 0 Å². The van der Waals surface area contributed by atoms with Crippen LogP contribution in [0, 0.1) is 5.92 Å². The number of carbonyl (C=O) groups is 1. The quantitative estimate of drug-likeness (QED) is 0.745. The molecule has 5 nitrogen and oxygen atoms in total. The van der Waals surface area contributed by atoms with Gasteiger partial charge in [-0.15, -0.1) is 0 Å².